The molecule has 1 aliphatic heterocycles. The number of para-hydroxylation sites is 1. The Hall–Kier alpha value is -3.99. The summed E-state index contributed by atoms with van der Waals surface area (Å²) in [7, 11) is 0. The van der Waals surface area contributed by atoms with Gasteiger partial charge in [-0.2, -0.15) is 0 Å². The van der Waals surface area contributed by atoms with Crippen LogP contribution in [0.3, 0.4) is 0 Å². The molecule has 32 heavy (non-hydrogen) atoms. The molecular weight excluding hydrogens is 400 g/mol. The summed E-state index contributed by atoms with van der Waals surface area (Å²) in [5.74, 6) is -0.199. The SMILES string of the molecule is O=C1C=CC([N+](=O)[O-])=CC1=CC1=C2C(=CN(Cc3ccccc3)c3ccccc32)CCC1. The fourth-order valence-corrected chi connectivity index (χ4v) is 4.60. The van der Waals surface area contributed by atoms with E-state index in [0.717, 1.165) is 48.2 Å². The molecule has 0 unspecified atom stereocenters. The number of allylic oxidation sites excluding steroid dienone is 8. The zero-order valence-electron chi connectivity index (χ0n) is 17.5. The lowest BCUT2D eigenvalue weighted by Gasteiger charge is -2.34. The number of nitrogens with zero attached hydrogens (tertiary/aromatic N) is 2. The molecule has 0 radical (unpaired) electrons. The van der Waals surface area contributed by atoms with Gasteiger partial charge in [0.1, 0.15) is 0 Å². The lowest BCUT2D eigenvalue weighted by Crippen LogP contribution is -2.23. The number of rotatable bonds is 4. The van der Waals surface area contributed by atoms with Crippen molar-refractivity contribution in [1.82, 2.24) is 0 Å². The molecule has 0 aromatic heterocycles. The summed E-state index contributed by atoms with van der Waals surface area (Å²) in [5, 5.41) is 11.2. The molecule has 0 spiro atoms. The molecule has 0 saturated carbocycles. The van der Waals surface area contributed by atoms with E-state index in [4.69, 9.17) is 0 Å². The van der Waals surface area contributed by atoms with E-state index in [9.17, 15) is 14.9 Å². The van der Waals surface area contributed by atoms with Crippen LogP contribution in [0.2, 0.25) is 0 Å². The second kappa shape index (κ2) is 8.27. The van der Waals surface area contributed by atoms with Crippen LogP contribution in [0, 0.1) is 10.1 Å². The Balaban J connectivity index is 1.61. The van der Waals surface area contributed by atoms with E-state index < -0.39 is 4.92 Å². The zero-order chi connectivity index (χ0) is 22.1. The summed E-state index contributed by atoms with van der Waals surface area (Å²) in [6.07, 6.45) is 10.8. The van der Waals surface area contributed by atoms with E-state index in [1.165, 1.54) is 29.4 Å². The van der Waals surface area contributed by atoms with Gasteiger partial charge in [-0.25, -0.2) is 0 Å². The second-order valence-electron chi connectivity index (χ2n) is 8.16. The summed E-state index contributed by atoms with van der Waals surface area (Å²) in [6, 6.07) is 18.7. The maximum absolute atomic E-state index is 12.4. The molecule has 5 nitrogen and oxygen atoms in total. The highest BCUT2D eigenvalue weighted by Crippen LogP contribution is 2.45. The van der Waals surface area contributed by atoms with Crippen LogP contribution in [0.25, 0.3) is 5.57 Å². The van der Waals surface area contributed by atoms with Crippen molar-refractivity contribution in [3.05, 3.63) is 129 Å². The largest absolute Gasteiger partial charge is 0.343 e. The topological polar surface area (TPSA) is 63.4 Å². The number of benzene rings is 2. The van der Waals surface area contributed by atoms with Crippen LogP contribution in [0.1, 0.15) is 30.4 Å². The Morgan fingerprint density at radius 2 is 1.78 bits per heavy atom. The molecule has 1 heterocycles. The molecule has 0 amide bonds. The van der Waals surface area contributed by atoms with E-state index >= 15 is 0 Å². The Morgan fingerprint density at radius 1 is 1.00 bits per heavy atom. The molecule has 158 valence electrons. The highest BCUT2D eigenvalue weighted by molar-refractivity contribution is 6.08. The second-order valence-corrected chi connectivity index (χ2v) is 8.16. The van der Waals surface area contributed by atoms with Crippen molar-refractivity contribution in [3.8, 4) is 0 Å². The van der Waals surface area contributed by atoms with Crippen LogP contribution >= 0.6 is 0 Å². The third kappa shape index (κ3) is 3.73. The van der Waals surface area contributed by atoms with Gasteiger partial charge in [-0.15, -0.1) is 0 Å². The van der Waals surface area contributed by atoms with E-state index in [2.05, 4.69) is 47.5 Å². The standard InChI is InChI=1S/C27H22N2O3/c30-26-14-13-23(29(31)32)16-22(26)15-20-9-6-10-21-18-28(17-19-7-2-1-3-8-19)25-12-5-4-11-24(25)27(20)21/h1-5,7-8,11-16,18H,6,9-10,17H2. The molecule has 2 aliphatic carbocycles. The fraction of sp³-hybridized carbons (Fsp3) is 0.148. The maximum atomic E-state index is 12.4. The number of nitro groups is 1. The summed E-state index contributed by atoms with van der Waals surface area (Å²) >= 11 is 0. The van der Waals surface area contributed by atoms with E-state index in [-0.39, 0.29) is 11.5 Å². The van der Waals surface area contributed by atoms with Crippen LogP contribution in [-0.4, -0.2) is 10.7 Å². The van der Waals surface area contributed by atoms with Gasteiger partial charge in [-0.05, 0) is 59.8 Å². The Labute approximate surface area is 186 Å². The number of carbonyl (C=O) groups is 1. The molecule has 0 saturated heterocycles. The summed E-state index contributed by atoms with van der Waals surface area (Å²) in [6.45, 7) is 0.781. The first kappa shape index (κ1) is 19.9. The van der Waals surface area contributed by atoms with Crippen LogP contribution in [0.5, 0.6) is 0 Å². The van der Waals surface area contributed by atoms with Gasteiger partial charge in [-0.1, -0.05) is 48.5 Å². The average molecular weight is 422 g/mol. The summed E-state index contributed by atoms with van der Waals surface area (Å²) in [5.41, 5.74) is 7.28. The Morgan fingerprint density at radius 3 is 2.59 bits per heavy atom. The predicted molar refractivity (Wildman–Crippen MR) is 125 cm³/mol. The highest BCUT2D eigenvalue weighted by atomic mass is 16.6. The smallest absolute Gasteiger partial charge is 0.270 e. The van der Waals surface area contributed by atoms with Gasteiger partial charge < -0.3 is 4.90 Å². The molecule has 3 aliphatic rings. The molecule has 0 fully saturated rings. The van der Waals surface area contributed by atoms with Crippen LogP contribution < -0.4 is 4.90 Å². The lowest BCUT2D eigenvalue weighted by molar-refractivity contribution is -0.419. The van der Waals surface area contributed by atoms with Crippen molar-refractivity contribution in [2.45, 2.75) is 25.8 Å². The zero-order valence-corrected chi connectivity index (χ0v) is 17.5. The molecule has 0 N–H and O–H groups in total. The van der Waals surface area contributed by atoms with E-state index in [1.54, 1.807) is 0 Å². The first-order chi connectivity index (χ1) is 15.6. The number of fused-ring (bicyclic) bond motifs is 3. The van der Waals surface area contributed by atoms with Gasteiger partial charge in [0.05, 0.1) is 4.92 Å². The van der Waals surface area contributed by atoms with E-state index in [0.29, 0.717) is 5.57 Å². The maximum Gasteiger partial charge on any atom is 0.270 e. The molecular formula is C27H22N2O3. The van der Waals surface area contributed by atoms with Crippen molar-refractivity contribution in [3.63, 3.8) is 0 Å². The predicted octanol–water partition coefficient (Wildman–Crippen LogP) is 5.75. The Kier molecular flexibility index (Phi) is 5.15. The van der Waals surface area contributed by atoms with Gasteiger partial charge in [0.25, 0.3) is 5.70 Å². The van der Waals surface area contributed by atoms with Crippen molar-refractivity contribution < 1.29 is 9.72 Å². The number of ketones is 1. The molecule has 0 atom stereocenters. The third-order valence-electron chi connectivity index (χ3n) is 6.06. The third-order valence-corrected chi connectivity index (χ3v) is 6.06. The average Bonchev–Trinajstić information content (AvgIpc) is 2.81. The first-order valence-corrected chi connectivity index (χ1v) is 10.7. The van der Waals surface area contributed by atoms with Crippen LogP contribution in [-0.2, 0) is 11.3 Å². The monoisotopic (exact) mass is 422 g/mol. The normalized spacial score (nSPS) is 18.8. The van der Waals surface area contributed by atoms with Crippen molar-refractivity contribution in [2.24, 2.45) is 0 Å². The summed E-state index contributed by atoms with van der Waals surface area (Å²) in [4.78, 5) is 25.5. The number of hydrogen-bond acceptors (Lipinski definition) is 4. The Bertz CT molecular complexity index is 1260. The van der Waals surface area contributed by atoms with Gasteiger partial charge >= 0.3 is 0 Å². The minimum atomic E-state index is -0.460. The van der Waals surface area contributed by atoms with E-state index in [1.807, 2.05) is 24.3 Å². The van der Waals surface area contributed by atoms with Gasteiger partial charge in [0, 0.05) is 41.7 Å². The quantitative estimate of drug-likeness (QED) is 0.357. The molecule has 5 rings (SSSR count). The van der Waals surface area contributed by atoms with Gasteiger partial charge in [0.15, 0.2) is 5.78 Å². The van der Waals surface area contributed by atoms with Crippen LogP contribution in [0.15, 0.2) is 108 Å². The molecule has 2 aromatic carbocycles. The minimum Gasteiger partial charge on any atom is -0.343 e. The molecule has 2 aromatic rings. The first-order valence-electron chi connectivity index (χ1n) is 10.7. The van der Waals surface area contributed by atoms with Gasteiger partial charge in [-0.3, -0.25) is 14.9 Å². The molecule has 5 heteroatoms. The van der Waals surface area contributed by atoms with Crippen LogP contribution in [0.4, 0.5) is 5.69 Å². The summed E-state index contributed by atoms with van der Waals surface area (Å²) < 4.78 is 0. The van der Waals surface area contributed by atoms with Crippen molar-refractivity contribution in [1.29, 1.82) is 0 Å². The fourth-order valence-electron chi connectivity index (χ4n) is 4.60. The number of carbonyl (C=O) groups excluding carboxylic acids is 1. The van der Waals surface area contributed by atoms with Gasteiger partial charge in [0.2, 0.25) is 0 Å². The van der Waals surface area contributed by atoms with Crippen molar-refractivity contribution in [2.75, 3.05) is 4.90 Å². The lowest BCUT2D eigenvalue weighted by atomic mass is 9.80. The number of hydrogen-bond donors (Lipinski definition) is 0. The highest BCUT2D eigenvalue weighted by Gasteiger charge is 2.27. The number of anilines is 1. The van der Waals surface area contributed by atoms with Crippen molar-refractivity contribution >= 4 is 17.0 Å². The molecule has 0 bridgehead atoms. The minimum absolute atomic E-state index is 0.0638.